The number of amides is 2. The number of nitrogens with zero attached hydrogens (tertiary/aromatic N) is 3. The van der Waals surface area contributed by atoms with Gasteiger partial charge in [0.25, 0.3) is 6.43 Å². The molecule has 0 aromatic heterocycles. The second-order valence-electron chi connectivity index (χ2n) is 10.6. The van der Waals surface area contributed by atoms with Gasteiger partial charge in [-0.05, 0) is 30.5 Å². The molecule has 0 spiro atoms. The number of carbonyl (C=O) groups is 3. The van der Waals surface area contributed by atoms with Crippen molar-refractivity contribution in [2.24, 2.45) is 23.4 Å². The molecule has 2 unspecified atom stereocenters. The molecule has 3 atom stereocenters. The quantitative estimate of drug-likeness (QED) is 0.222. The van der Waals surface area contributed by atoms with Crippen LogP contribution >= 0.6 is 11.6 Å². The molecule has 226 valence electrons. The minimum atomic E-state index is -3.32. The molecule has 0 radical (unpaired) electrons. The van der Waals surface area contributed by atoms with E-state index in [2.05, 4.69) is 0 Å². The van der Waals surface area contributed by atoms with Gasteiger partial charge in [0.05, 0.1) is 23.6 Å². The van der Waals surface area contributed by atoms with Crippen LogP contribution in [-0.4, -0.2) is 83.3 Å². The van der Waals surface area contributed by atoms with Crippen molar-refractivity contribution in [2.45, 2.75) is 50.5 Å². The fourth-order valence-corrected chi connectivity index (χ4v) is 6.22. The van der Waals surface area contributed by atoms with Gasteiger partial charge in [0.1, 0.15) is 18.1 Å². The van der Waals surface area contributed by atoms with E-state index in [1.54, 1.807) is 0 Å². The number of carbonyl (C=O) groups excluding carboxylic acids is 2. The van der Waals surface area contributed by atoms with Crippen LogP contribution < -0.4 is 16.3 Å². The van der Waals surface area contributed by atoms with E-state index in [1.165, 1.54) is 29.0 Å². The fourth-order valence-electron chi connectivity index (χ4n) is 5.96. The van der Waals surface area contributed by atoms with Gasteiger partial charge in [-0.1, -0.05) is 11.6 Å². The molecule has 15 heteroatoms. The number of rotatable bonds is 9. The predicted octanol–water partition coefficient (Wildman–Crippen LogP) is 2.75. The summed E-state index contributed by atoms with van der Waals surface area (Å²) in [5.41, 5.74) is 5.82. The summed E-state index contributed by atoms with van der Waals surface area (Å²) >= 11 is 6.50. The van der Waals surface area contributed by atoms with Gasteiger partial charge in [-0.25, -0.2) is 23.4 Å². The third kappa shape index (κ3) is 6.32. The molecule has 2 fully saturated rings. The molecule has 1 saturated carbocycles. The molecule has 1 aliphatic carbocycles. The third-order valence-corrected chi connectivity index (χ3v) is 8.23. The van der Waals surface area contributed by atoms with Gasteiger partial charge in [-0.15, -0.1) is 0 Å². The molecule has 2 aliphatic heterocycles. The number of fused-ring (bicyclic) bond motifs is 1. The number of benzene rings is 1. The molecular weight excluding hydrogens is 574 g/mol. The highest BCUT2D eigenvalue weighted by Gasteiger charge is 2.54. The first-order valence-electron chi connectivity index (χ1n) is 13.1. The zero-order valence-electron chi connectivity index (χ0n) is 22.3. The molecule has 5 N–H and O–H groups in total. The average molecular weight is 606 g/mol. The number of alkyl halides is 4. The van der Waals surface area contributed by atoms with Gasteiger partial charge in [-0.3, -0.25) is 14.4 Å². The van der Waals surface area contributed by atoms with Crippen molar-refractivity contribution in [3.8, 4) is 5.75 Å². The highest BCUT2D eigenvalue weighted by Crippen LogP contribution is 2.47. The zero-order chi connectivity index (χ0) is 30.2. The lowest BCUT2D eigenvalue weighted by Gasteiger charge is -2.41. The first-order chi connectivity index (χ1) is 19.2. The Labute approximate surface area is 238 Å². The van der Waals surface area contributed by atoms with E-state index in [4.69, 9.17) is 27.9 Å². The van der Waals surface area contributed by atoms with E-state index >= 15 is 0 Å². The van der Waals surface area contributed by atoms with Crippen LogP contribution in [0.25, 0.3) is 0 Å². The normalized spacial score (nSPS) is 24.4. The lowest BCUT2D eigenvalue weighted by Crippen LogP contribution is -2.49. The van der Waals surface area contributed by atoms with Crippen LogP contribution in [0, 0.1) is 11.8 Å². The Morgan fingerprint density at radius 2 is 1.90 bits per heavy atom. The maximum absolute atomic E-state index is 14.3. The summed E-state index contributed by atoms with van der Waals surface area (Å²) in [5.74, 6) is -3.16. The van der Waals surface area contributed by atoms with Crippen LogP contribution in [0.15, 0.2) is 23.5 Å². The minimum Gasteiger partial charge on any atom is -0.487 e. The van der Waals surface area contributed by atoms with Crippen LogP contribution in [0.3, 0.4) is 0 Å². The third-order valence-electron chi connectivity index (χ3n) is 7.88. The van der Waals surface area contributed by atoms with Crippen molar-refractivity contribution < 1.29 is 41.8 Å². The number of aliphatic carboxylic acids is 1. The Balaban J connectivity index is 1.75. The fraction of sp³-hybridized carbons (Fsp3) is 0.577. The largest absolute Gasteiger partial charge is 0.487 e. The van der Waals surface area contributed by atoms with Gasteiger partial charge < -0.3 is 30.4 Å². The lowest BCUT2D eigenvalue weighted by molar-refractivity contribution is -0.150. The standard InChI is InChI=1S/C26H32ClF4N5O5/c1-34(33)22(23(28)29)17(32)12-41-19-5-4-16(27)13-6-8-36(18(21(13)19)11-35-7-2-3-20(35)37)24(38)14-9-26(30,31)10-15(14)25(39)40/h4-5,14-15,18,23H,2-3,6-12,32-33H2,1H3,(H,39,40)/b22-17-/t14?,15?,18-/m1/s1. The smallest absolute Gasteiger partial charge is 0.307 e. The zero-order valence-corrected chi connectivity index (χ0v) is 23.1. The predicted molar refractivity (Wildman–Crippen MR) is 139 cm³/mol. The monoisotopic (exact) mass is 605 g/mol. The number of hydrogen-bond acceptors (Lipinski definition) is 7. The van der Waals surface area contributed by atoms with E-state index in [9.17, 15) is 37.1 Å². The van der Waals surface area contributed by atoms with Crippen molar-refractivity contribution >= 4 is 29.4 Å². The lowest BCUT2D eigenvalue weighted by atomic mass is 9.88. The summed E-state index contributed by atoms with van der Waals surface area (Å²) in [4.78, 5) is 41.0. The highest BCUT2D eigenvalue weighted by molar-refractivity contribution is 6.31. The first-order valence-corrected chi connectivity index (χ1v) is 13.5. The molecule has 41 heavy (non-hydrogen) atoms. The molecule has 4 rings (SSSR count). The Kier molecular flexibility index (Phi) is 8.93. The first kappa shape index (κ1) is 30.7. The molecule has 2 amide bonds. The Hall–Kier alpha value is -3.26. The van der Waals surface area contributed by atoms with Crippen molar-refractivity contribution in [3.05, 3.63) is 39.7 Å². The molecule has 1 aromatic rings. The van der Waals surface area contributed by atoms with Crippen molar-refractivity contribution in [1.29, 1.82) is 0 Å². The van der Waals surface area contributed by atoms with Crippen molar-refractivity contribution in [3.63, 3.8) is 0 Å². The summed E-state index contributed by atoms with van der Waals surface area (Å²) in [7, 11) is 1.20. The molecule has 0 bridgehead atoms. The van der Waals surface area contributed by atoms with Crippen LogP contribution in [0.2, 0.25) is 5.02 Å². The maximum atomic E-state index is 14.3. The topological polar surface area (TPSA) is 142 Å². The van der Waals surface area contributed by atoms with E-state index in [0.717, 1.165) is 0 Å². The van der Waals surface area contributed by atoms with Crippen molar-refractivity contribution in [2.75, 3.05) is 33.3 Å². The van der Waals surface area contributed by atoms with E-state index < -0.39 is 67.2 Å². The van der Waals surface area contributed by atoms with Crippen LogP contribution in [-0.2, 0) is 20.8 Å². The second kappa shape index (κ2) is 11.9. The number of allylic oxidation sites excluding steroid dienone is 1. The van der Waals surface area contributed by atoms with Crippen molar-refractivity contribution in [1.82, 2.24) is 14.8 Å². The van der Waals surface area contributed by atoms with Gasteiger partial charge in [0.15, 0.2) is 0 Å². The van der Waals surface area contributed by atoms with Crippen LogP contribution in [0.4, 0.5) is 17.6 Å². The number of ether oxygens (including phenoxy) is 1. The summed E-state index contributed by atoms with van der Waals surface area (Å²) in [5, 5.41) is 10.6. The molecule has 2 heterocycles. The number of halogens is 5. The van der Waals surface area contributed by atoms with E-state index in [-0.39, 0.29) is 36.9 Å². The molecule has 1 aromatic carbocycles. The molecular formula is C26H32ClF4N5O5. The highest BCUT2D eigenvalue weighted by atomic mass is 35.5. The molecule has 3 aliphatic rings. The summed E-state index contributed by atoms with van der Waals surface area (Å²) in [6, 6.07) is 2.08. The van der Waals surface area contributed by atoms with Gasteiger partial charge >= 0.3 is 5.97 Å². The van der Waals surface area contributed by atoms with Gasteiger partial charge in [0, 0.05) is 56.5 Å². The molecule has 1 saturated heterocycles. The maximum Gasteiger partial charge on any atom is 0.307 e. The number of hydrazine groups is 1. The SMILES string of the molecule is CN(N)/C(=C(\N)COc1ccc(Cl)c2c1[C@@H](CN1CCCC1=O)N(C(=O)C1CC(F)(F)CC1C(=O)O)CC2)C(F)F. The second-order valence-corrected chi connectivity index (χ2v) is 11.0. The van der Waals surface area contributed by atoms with Gasteiger partial charge in [-0.2, -0.15) is 0 Å². The summed E-state index contributed by atoms with van der Waals surface area (Å²) in [6.45, 7) is -0.0899. The summed E-state index contributed by atoms with van der Waals surface area (Å²) in [6.07, 6.45) is -3.78. The number of nitrogens with two attached hydrogens (primary N) is 2. The van der Waals surface area contributed by atoms with E-state index in [1.807, 2.05) is 0 Å². The van der Waals surface area contributed by atoms with Gasteiger partial charge in [0.2, 0.25) is 17.7 Å². The molecule has 10 nitrogen and oxygen atoms in total. The van der Waals surface area contributed by atoms with E-state index in [0.29, 0.717) is 40.5 Å². The number of carboxylic acids is 1. The van der Waals surface area contributed by atoms with Crippen LogP contribution in [0.1, 0.15) is 42.9 Å². The Bertz CT molecular complexity index is 1240. The van der Waals surface area contributed by atoms with Crippen LogP contribution in [0.5, 0.6) is 5.75 Å². The number of likely N-dealkylation sites (tertiary alicyclic amines) is 1. The Morgan fingerprint density at radius 3 is 2.49 bits per heavy atom. The minimum absolute atomic E-state index is 0.0196. The Morgan fingerprint density at radius 1 is 1.22 bits per heavy atom. The number of carboxylic acid groups (broad SMARTS) is 1. The number of hydrogen-bond donors (Lipinski definition) is 3. The summed E-state index contributed by atoms with van der Waals surface area (Å²) < 4.78 is 61.5. The average Bonchev–Trinajstić information content (AvgIpc) is 3.44.